The number of carbonyl (C=O) groups is 3. The Morgan fingerprint density at radius 2 is 1.19 bits per heavy atom. The van der Waals surface area contributed by atoms with E-state index in [1.165, 1.54) is 18.2 Å². The van der Waals surface area contributed by atoms with Crippen molar-refractivity contribution in [1.82, 2.24) is 0 Å². The minimum absolute atomic E-state index is 0.235. The molecule has 43 heavy (non-hydrogen) atoms. The van der Waals surface area contributed by atoms with Crippen molar-refractivity contribution in [3.63, 3.8) is 0 Å². The van der Waals surface area contributed by atoms with E-state index < -0.39 is 115 Å². The summed E-state index contributed by atoms with van der Waals surface area (Å²) >= 11 is 0. The van der Waals surface area contributed by atoms with Crippen LogP contribution in [0.2, 0.25) is 0 Å². The Morgan fingerprint density at radius 1 is 0.674 bits per heavy atom. The Hall–Kier alpha value is -3.55. The predicted octanol–water partition coefficient (Wildman–Crippen LogP) is -3.48. The van der Waals surface area contributed by atoms with Crippen molar-refractivity contribution < 1.29 is 79.3 Å². The highest BCUT2D eigenvalue weighted by Crippen LogP contribution is 2.40. The highest BCUT2D eigenvalue weighted by molar-refractivity contribution is 6.30. The maximum absolute atomic E-state index is 14.0. The van der Waals surface area contributed by atoms with Gasteiger partial charge in [-0.15, -0.1) is 0 Å². The molecule has 0 bridgehead atoms. The number of aliphatic hydroxyl groups is 8. The van der Waals surface area contributed by atoms with E-state index in [1.807, 2.05) is 0 Å². The first-order valence-electron chi connectivity index (χ1n) is 13.0. The van der Waals surface area contributed by atoms with Crippen molar-refractivity contribution in [3.05, 3.63) is 58.1 Å². The lowest BCUT2D eigenvalue weighted by Gasteiger charge is -2.40. The van der Waals surface area contributed by atoms with Crippen molar-refractivity contribution in [3.8, 4) is 11.5 Å². The number of benzene rings is 2. The van der Waals surface area contributed by atoms with E-state index in [4.69, 9.17) is 18.9 Å². The number of ketones is 2. The van der Waals surface area contributed by atoms with Gasteiger partial charge < -0.3 is 64.9 Å². The van der Waals surface area contributed by atoms with E-state index in [0.29, 0.717) is 0 Å². The monoisotopic (exact) mass is 608 g/mol. The molecule has 0 spiro atoms. The van der Waals surface area contributed by atoms with Gasteiger partial charge in [0.15, 0.2) is 5.78 Å². The summed E-state index contributed by atoms with van der Waals surface area (Å²) < 4.78 is 21.9. The molecule has 2 heterocycles. The van der Waals surface area contributed by atoms with Crippen LogP contribution in [-0.4, -0.2) is 138 Å². The summed E-state index contributed by atoms with van der Waals surface area (Å²) in [7, 11) is 0. The predicted molar refractivity (Wildman–Crippen MR) is 135 cm³/mol. The van der Waals surface area contributed by atoms with E-state index >= 15 is 0 Å². The third-order valence-corrected chi connectivity index (χ3v) is 7.50. The maximum Gasteiger partial charge on any atom is 0.335 e. The Kier molecular flexibility index (Phi) is 8.52. The van der Waals surface area contributed by atoms with E-state index in [9.17, 15) is 60.3 Å². The average Bonchev–Trinajstić information content (AvgIpc) is 2.99. The maximum atomic E-state index is 14.0. The number of carbonyl (C=O) groups excluding carboxylic acids is 2. The third-order valence-electron chi connectivity index (χ3n) is 7.50. The molecule has 10 unspecified atom stereocenters. The number of hydrogen-bond donors (Lipinski definition) is 9. The van der Waals surface area contributed by atoms with Gasteiger partial charge in [-0.05, 0) is 18.2 Å². The van der Waals surface area contributed by atoms with Crippen molar-refractivity contribution in [2.45, 2.75) is 61.4 Å². The molecule has 2 aromatic carbocycles. The number of carboxylic acid groups (broad SMARTS) is 1. The summed E-state index contributed by atoms with van der Waals surface area (Å²) in [6, 6.07) is 5.62. The second-order valence-electron chi connectivity index (χ2n) is 10.2. The van der Waals surface area contributed by atoms with Gasteiger partial charge in [0, 0.05) is 11.1 Å². The number of fused-ring (bicyclic) bond motifs is 2. The molecule has 0 amide bonds. The number of aromatic carboxylic acids is 1. The molecule has 0 radical (unpaired) electrons. The van der Waals surface area contributed by atoms with Crippen LogP contribution in [0.5, 0.6) is 11.5 Å². The zero-order valence-electron chi connectivity index (χ0n) is 22.0. The first kappa shape index (κ1) is 30.9. The fourth-order valence-electron chi connectivity index (χ4n) is 5.15. The van der Waals surface area contributed by atoms with Crippen molar-refractivity contribution >= 4 is 17.5 Å². The number of hydrogen-bond acceptors (Lipinski definition) is 15. The van der Waals surface area contributed by atoms with Crippen LogP contribution in [0.25, 0.3) is 0 Å². The van der Waals surface area contributed by atoms with Crippen LogP contribution in [0.3, 0.4) is 0 Å². The van der Waals surface area contributed by atoms with Crippen molar-refractivity contribution in [2.24, 2.45) is 0 Å². The fraction of sp³-hybridized carbons (Fsp3) is 0.444. The van der Waals surface area contributed by atoms with Gasteiger partial charge in [0.1, 0.15) is 60.3 Å². The highest BCUT2D eigenvalue weighted by atomic mass is 16.7. The lowest BCUT2D eigenvalue weighted by Crippen LogP contribution is -2.60. The van der Waals surface area contributed by atoms with Crippen LogP contribution in [-0.2, 0) is 9.47 Å². The first-order valence-corrected chi connectivity index (χ1v) is 13.0. The average molecular weight is 609 g/mol. The number of ether oxygens (including phenoxy) is 4. The lowest BCUT2D eigenvalue weighted by molar-refractivity contribution is -0.277. The van der Waals surface area contributed by atoms with Gasteiger partial charge in [-0.25, -0.2) is 4.79 Å². The minimum atomic E-state index is -1.94. The van der Waals surface area contributed by atoms with E-state index in [-0.39, 0.29) is 16.9 Å². The zero-order valence-corrected chi connectivity index (χ0v) is 22.0. The summed E-state index contributed by atoms with van der Waals surface area (Å²) in [4.78, 5) is 39.5. The van der Waals surface area contributed by atoms with Crippen LogP contribution in [0.4, 0.5) is 0 Å². The Labute approximate surface area is 241 Å². The van der Waals surface area contributed by atoms with E-state index in [2.05, 4.69) is 0 Å². The molecule has 2 aliphatic heterocycles. The normalized spacial score (nSPS) is 33.9. The fourth-order valence-corrected chi connectivity index (χ4v) is 5.15. The lowest BCUT2D eigenvalue weighted by atomic mass is 9.82. The summed E-state index contributed by atoms with van der Waals surface area (Å²) in [6.07, 6.45) is -17.2. The standard InChI is InChI=1S/C27H28O16/c28-6-13-18(31)21(34)23(36)26(42-13)40-11-3-1-2-9-15(11)20(33)16-10(17(9)30)4-8(25(38)39)5-12(16)41-27-24(37)22(35)19(32)14(7-29)43-27/h1-5,13-14,18-19,21-24,26-29,31-32,34-37H,6-7H2,(H,38,39). The molecule has 2 aromatic rings. The largest absolute Gasteiger partial charge is 0.478 e. The molecule has 16 heteroatoms. The van der Waals surface area contributed by atoms with Gasteiger partial charge in [-0.1, -0.05) is 12.1 Å². The summed E-state index contributed by atoms with van der Waals surface area (Å²) in [5.41, 5.74) is -1.98. The second kappa shape index (κ2) is 11.9. The highest BCUT2D eigenvalue weighted by Gasteiger charge is 2.47. The molecule has 3 aliphatic rings. The molecule has 16 nitrogen and oxygen atoms in total. The molecule has 9 N–H and O–H groups in total. The summed E-state index contributed by atoms with van der Waals surface area (Å²) in [5, 5.41) is 89.9. The van der Waals surface area contributed by atoms with Gasteiger partial charge >= 0.3 is 5.97 Å². The number of rotatable bonds is 7. The van der Waals surface area contributed by atoms with E-state index in [0.717, 1.165) is 12.1 Å². The van der Waals surface area contributed by atoms with Gasteiger partial charge in [0.05, 0.1) is 29.9 Å². The first-order chi connectivity index (χ1) is 20.4. The smallest absolute Gasteiger partial charge is 0.335 e. The quantitative estimate of drug-likeness (QED) is 0.126. The number of aliphatic hydroxyl groups excluding tert-OH is 8. The summed E-state index contributed by atoms with van der Waals surface area (Å²) in [6.45, 7) is -1.56. The van der Waals surface area contributed by atoms with Gasteiger partial charge in [0.25, 0.3) is 0 Å². The molecule has 0 saturated carbocycles. The number of carboxylic acids is 1. The van der Waals surface area contributed by atoms with E-state index in [1.54, 1.807) is 0 Å². The van der Waals surface area contributed by atoms with Crippen LogP contribution >= 0.6 is 0 Å². The Morgan fingerprint density at radius 3 is 1.70 bits per heavy atom. The van der Waals surface area contributed by atoms with Crippen LogP contribution in [0.1, 0.15) is 42.2 Å². The third kappa shape index (κ3) is 5.27. The van der Waals surface area contributed by atoms with Gasteiger partial charge in [-0.3, -0.25) is 9.59 Å². The van der Waals surface area contributed by atoms with Crippen molar-refractivity contribution in [1.29, 1.82) is 0 Å². The van der Waals surface area contributed by atoms with Crippen LogP contribution in [0.15, 0.2) is 30.3 Å². The molecule has 2 fully saturated rings. The Bertz CT molecular complexity index is 1420. The molecule has 2 saturated heterocycles. The molecule has 10 atom stereocenters. The van der Waals surface area contributed by atoms with Gasteiger partial charge in [0.2, 0.25) is 18.4 Å². The van der Waals surface area contributed by atoms with Gasteiger partial charge in [-0.2, -0.15) is 0 Å². The van der Waals surface area contributed by atoms with Crippen molar-refractivity contribution in [2.75, 3.05) is 13.2 Å². The van der Waals surface area contributed by atoms with Crippen LogP contribution in [0, 0.1) is 0 Å². The molecule has 1 aliphatic carbocycles. The topological polar surface area (TPSA) is 270 Å². The molecule has 5 rings (SSSR count). The van der Waals surface area contributed by atoms with Crippen LogP contribution < -0.4 is 9.47 Å². The molecular formula is C27H28O16. The second-order valence-corrected chi connectivity index (χ2v) is 10.2. The minimum Gasteiger partial charge on any atom is -0.478 e. The Balaban J connectivity index is 1.56. The molecule has 0 aromatic heterocycles. The SMILES string of the molecule is O=C(O)c1cc(OC2OC(CO)C(O)C(O)C2O)c2c(c1)C(=O)c1cccc(OC3OC(CO)C(O)C(O)C3O)c1C2=O. The molecular weight excluding hydrogens is 580 g/mol. The summed E-state index contributed by atoms with van der Waals surface area (Å²) in [5.74, 6) is -4.18. The zero-order chi connectivity index (χ0) is 31.3. The molecule has 232 valence electrons.